The summed E-state index contributed by atoms with van der Waals surface area (Å²) in [5.74, 6) is 1.87. The largest absolute Gasteiger partial charge is 0.456 e. The van der Waals surface area contributed by atoms with Gasteiger partial charge in [0.05, 0.1) is 0 Å². The van der Waals surface area contributed by atoms with Gasteiger partial charge in [0, 0.05) is 33.0 Å². The predicted molar refractivity (Wildman–Crippen MR) is 191 cm³/mol. The van der Waals surface area contributed by atoms with Crippen LogP contribution in [0, 0.1) is 0 Å². The van der Waals surface area contributed by atoms with Crippen molar-refractivity contribution in [1.29, 1.82) is 0 Å². The van der Waals surface area contributed by atoms with Crippen molar-refractivity contribution in [3.8, 4) is 67.5 Å². The smallest absolute Gasteiger partial charge is 0.164 e. The molecule has 1 aliphatic carbocycles. The number of fused-ring (bicyclic) bond motifs is 6. The van der Waals surface area contributed by atoms with Crippen molar-refractivity contribution < 1.29 is 4.42 Å². The number of benzene rings is 7. The molecule has 218 valence electrons. The van der Waals surface area contributed by atoms with Crippen molar-refractivity contribution in [3.05, 3.63) is 152 Å². The Balaban J connectivity index is 1.25. The van der Waals surface area contributed by atoms with Gasteiger partial charge in [-0.15, -0.1) is 0 Å². The van der Waals surface area contributed by atoms with Gasteiger partial charge < -0.3 is 4.42 Å². The average Bonchev–Trinajstić information content (AvgIpc) is 3.69. The summed E-state index contributed by atoms with van der Waals surface area (Å²) in [5.41, 5.74) is 11.6. The van der Waals surface area contributed by atoms with Crippen LogP contribution in [0.25, 0.3) is 100 Å². The van der Waals surface area contributed by atoms with E-state index in [0.29, 0.717) is 17.5 Å². The van der Waals surface area contributed by atoms with E-state index in [1.165, 1.54) is 38.6 Å². The number of hydrogen-bond acceptors (Lipinski definition) is 4. The number of para-hydroxylation sites is 1. The lowest BCUT2D eigenvalue weighted by atomic mass is 9.90. The first kappa shape index (κ1) is 25.9. The number of furan rings is 1. The molecular formula is C43H25N3O. The monoisotopic (exact) mass is 599 g/mol. The summed E-state index contributed by atoms with van der Waals surface area (Å²) in [5, 5.41) is 4.66. The van der Waals surface area contributed by atoms with Gasteiger partial charge in [0.15, 0.2) is 17.5 Å². The minimum absolute atomic E-state index is 0.603. The third kappa shape index (κ3) is 3.98. The van der Waals surface area contributed by atoms with Crippen LogP contribution >= 0.6 is 0 Å². The van der Waals surface area contributed by atoms with E-state index in [-0.39, 0.29) is 0 Å². The van der Waals surface area contributed by atoms with Crippen molar-refractivity contribution in [2.45, 2.75) is 0 Å². The molecule has 4 nitrogen and oxygen atoms in total. The molecule has 7 aromatic carbocycles. The van der Waals surface area contributed by atoms with Crippen LogP contribution in [0.15, 0.2) is 156 Å². The third-order valence-electron chi connectivity index (χ3n) is 9.28. The summed E-state index contributed by atoms with van der Waals surface area (Å²) in [6.07, 6.45) is 0. The van der Waals surface area contributed by atoms with Gasteiger partial charge in [0.1, 0.15) is 11.2 Å². The minimum Gasteiger partial charge on any atom is -0.456 e. The maximum absolute atomic E-state index is 6.26. The molecule has 4 heteroatoms. The van der Waals surface area contributed by atoms with E-state index < -0.39 is 0 Å². The van der Waals surface area contributed by atoms with Crippen molar-refractivity contribution >= 4 is 32.7 Å². The van der Waals surface area contributed by atoms with Crippen LogP contribution in [-0.2, 0) is 0 Å². The third-order valence-corrected chi connectivity index (χ3v) is 9.28. The molecule has 0 N–H and O–H groups in total. The molecular weight excluding hydrogens is 574 g/mol. The zero-order valence-corrected chi connectivity index (χ0v) is 25.2. The molecule has 0 atom stereocenters. The number of rotatable bonds is 4. The first-order chi connectivity index (χ1) is 23.3. The molecule has 0 unspecified atom stereocenters. The standard InChI is InChI=1S/C43H25N3O/c1-3-11-26(12-4-1)30-23-24-35(40-34-19-10-16-27-15-9-18-33(38(27)34)39(30)40)43-45-41(28-13-5-2-6-14-28)44-42(46-43)29-21-22-32-31-17-7-8-20-36(31)47-37(32)25-29/h1-25H. The van der Waals surface area contributed by atoms with Crippen LogP contribution < -0.4 is 0 Å². The van der Waals surface area contributed by atoms with Crippen LogP contribution in [0.1, 0.15) is 0 Å². The van der Waals surface area contributed by atoms with Gasteiger partial charge in [-0.25, -0.2) is 15.0 Å². The topological polar surface area (TPSA) is 51.8 Å². The first-order valence-electron chi connectivity index (χ1n) is 15.8. The fourth-order valence-electron chi connectivity index (χ4n) is 7.17. The molecule has 0 aliphatic heterocycles. The zero-order chi connectivity index (χ0) is 30.9. The molecule has 1 aliphatic rings. The van der Waals surface area contributed by atoms with Crippen LogP contribution in [-0.4, -0.2) is 15.0 Å². The van der Waals surface area contributed by atoms with Crippen molar-refractivity contribution in [2.75, 3.05) is 0 Å². The Hall–Kier alpha value is -6.39. The van der Waals surface area contributed by atoms with Gasteiger partial charge in [-0.05, 0) is 62.9 Å². The predicted octanol–water partition coefficient (Wildman–Crippen LogP) is 11.2. The molecule has 0 saturated carbocycles. The summed E-state index contributed by atoms with van der Waals surface area (Å²) >= 11 is 0. The molecule has 2 heterocycles. The van der Waals surface area contributed by atoms with E-state index in [9.17, 15) is 0 Å². The molecule has 0 radical (unpaired) electrons. The van der Waals surface area contributed by atoms with E-state index in [0.717, 1.165) is 44.2 Å². The second-order valence-corrected chi connectivity index (χ2v) is 12.0. The number of hydrogen-bond donors (Lipinski definition) is 0. The lowest BCUT2D eigenvalue weighted by Gasteiger charge is -2.16. The number of nitrogens with zero attached hydrogens (tertiary/aromatic N) is 3. The van der Waals surface area contributed by atoms with E-state index in [1.807, 2.05) is 54.6 Å². The molecule has 2 aromatic heterocycles. The first-order valence-corrected chi connectivity index (χ1v) is 15.8. The minimum atomic E-state index is 0.603. The highest BCUT2D eigenvalue weighted by Gasteiger charge is 2.29. The van der Waals surface area contributed by atoms with Crippen molar-refractivity contribution in [2.24, 2.45) is 0 Å². The molecule has 0 saturated heterocycles. The lowest BCUT2D eigenvalue weighted by Crippen LogP contribution is -2.01. The Bertz CT molecular complexity index is 2670. The van der Waals surface area contributed by atoms with E-state index in [2.05, 4.69) is 97.1 Å². The highest BCUT2D eigenvalue weighted by Crippen LogP contribution is 2.54. The van der Waals surface area contributed by atoms with Gasteiger partial charge >= 0.3 is 0 Å². The van der Waals surface area contributed by atoms with Gasteiger partial charge in [-0.2, -0.15) is 0 Å². The van der Waals surface area contributed by atoms with Crippen molar-refractivity contribution in [1.82, 2.24) is 15.0 Å². The Kier molecular flexibility index (Phi) is 5.54. The summed E-state index contributed by atoms with van der Waals surface area (Å²) < 4.78 is 6.26. The normalized spacial score (nSPS) is 11.8. The van der Waals surface area contributed by atoms with E-state index in [4.69, 9.17) is 19.4 Å². The fraction of sp³-hybridized carbons (Fsp3) is 0. The van der Waals surface area contributed by atoms with Crippen molar-refractivity contribution in [3.63, 3.8) is 0 Å². The molecule has 9 aromatic rings. The number of aromatic nitrogens is 3. The van der Waals surface area contributed by atoms with E-state index >= 15 is 0 Å². The molecule has 0 fully saturated rings. The molecule has 0 amide bonds. The van der Waals surface area contributed by atoms with Crippen LogP contribution in [0.4, 0.5) is 0 Å². The second-order valence-electron chi connectivity index (χ2n) is 12.0. The SMILES string of the molecule is c1ccc(-c2nc(-c3ccc4c(c3)oc3ccccc34)nc(-c3ccc(-c4ccccc4)c4c3-c3cccc5cccc-4c35)n2)cc1. The molecule has 0 bridgehead atoms. The van der Waals surface area contributed by atoms with Crippen LogP contribution in [0.2, 0.25) is 0 Å². The summed E-state index contributed by atoms with van der Waals surface area (Å²) in [4.78, 5) is 15.4. The summed E-state index contributed by atoms with van der Waals surface area (Å²) in [6, 6.07) is 52.7. The second kappa shape index (κ2) is 10.1. The zero-order valence-electron chi connectivity index (χ0n) is 25.2. The fourth-order valence-corrected chi connectivity index (χ4v) is 7.17. The Morgan fingerprint density at radius 1 is 0.362 bits per heavy atom. The Morgan fingerprint density at radius 3 is 1.72 bits per heavy atom. The summed E-state index contributed by atoms with van der Waals surface area (Å²) in [7, 11) is 0. The quantitative estimate of drug-likeness (QED) is 0.202. The highest BCUT2D eigenvalue weighted by atomic mass is 16.3. The maximum atomic E-state index is 6.26. The van der Waals surface area contributed by atoms with Gasteiger partial charge in [0.25, 0.3) is 0 Å². The van der Waals surface area contributed by atoms with Gasteiger partial charge in [-0.1, -0.05) is 127 Å². The van der Waals surface area contributed by atoms with Gasteiger partial charge in [-0.3, -0.25) is 0 Å². The molecule has 10 rings (SSSR count). The molecule has 0 spiro atoms. The molecule has 47 heavy (non-hydrogen) atoms. The Labute approximate surface area is 270 Å². The van der Waals surface area contributed by atoms with E-state index in [1.54, 1.807) is 0 Å². The highest BCUT2D eigenvalue weighted by molar-refractivity contribution is 6.20. The lowest BCUT2D eigenvalue weighted by molar-refractivity contribution is 0.669. The van der Waals surface area contributed by atoms with Crippen LogP contribution in [0.5, 0.6) is 0 Å². The Morgan fingerprint density at radius 2 is 0.957 bits per heavy atom. The van der Waals surface area contributed by atoms with Crippen LogP contribution in [0.3, 0.4) is 0 Å². The average molecular weight is 600 g/mol. The maximum Gasteiger partial charge on any atom is 0.164 e. The van der Waals surface area contributed by atoms with Gasteiger partial charge in [0.2, 0.25) is 0 Å². The summed E-state index contributed by atoms with van der Waals surface area (Å²) in [6.45, 7) is 0.